The van der Waals surface area contributed by atoms with Crippen LogP contribution in [0.5, 0.6) is 0 Å². The van der Waals surface area contributed by atoms with Crippen LogP contribution >= 0.6 is 0 Å². The lowest BCUT2D eigenvalue weighted by Gasteiger charge is -2.12. The lowest BCUT2D eigenvalue weighted by molar-refractivity contribution is -0.139. The molecule has 2 rings (SSSR count). The molecule has 0 bridgehead atoms. The molecule has 0 radical (unpaired) electrons. The fourth-order valence-corrected chi connectivity index (χ4v) is 4.59. The molecule has 2 aromatic carbocycles. The highest BCUT2D eigenvalue weighted by Gasteiger charge is 2.34. The van der Waals surface area contributed by atoms with Crippen LogP contribution in [0.3, 0.4) is 0 Å². The van der Waals surface area contributed by atoms with Crippen molar-refractivity contribution >= 4 is 21.6 Å². The Bertz CT molecular complexity index is 700. The molecule has 0 aliphatic heterocycles. The van der Waals surface area contributed by atoms with E-state index in [2.05, 4.69) is 0 Å². The quantitative estimate of drug-likeness (QED) is 0.780. The first-order valence-electron chi connectivity index (χ1n) is 6.87. The van der Waals surface area contributed by atoms with Gasteiger partial charge in [-0.2, -0.15) is 13.2 Å². The molecule has 0 spiro atoms. The summed E-state index contributed by atoms with van der Waals surface area (Å²) in [5.41, 5.74) is -0.873. The predicted octanol–water partition coefficient (Wildman–Crippen LogP) is 4.01. The van der Waals surface area contributed by atoms with Gasteiger partial charge in [0, 0.05) is 16.4 Å². The summed E-state index contributed by atoms with van der Waals surface area (Å²) in [5.74, 6) is 0.315. The van der Waals surface area contributed by atoms with Gasteiger partial charge in [0.05, 0.1) is 32.1 Å². The Morgan fingerprint density at radius 2 is 1.35 bits per heavy atom. The molecule has 2 atom stereocenters. The summed E-state index contributed by atoms with van der Waals surface area (Å²) in [6, 6.07) is 13.7. The number of halogens is 3. The van der Waals surface area contributed by atoms with E-state index in [1.54, 1.807) is 24.3 Å². The summed E-state index contributed by atoms with van der Waals surface area (Å²) in [5, 5.41) is 0. The van der Waals surface area contributed by atoms with Gasteiger partial charge in [0.15, 0.2) is 0 Å². The third kappa shape index (κ3) is 5.00. The maximum atomic E-state index is 12.9. The molecule has 0 amide bonds. The molecule has 2 unspecified atom stereocenters. The van der Waals surface area contributed by atoms with Crippen molar-refractivity contribution in [3.8, 4) is 0 Å². The summed E-state index contributed by atoms with van der Waals surface area (Å²) in [7, 11) is -3.00. The molecule has 0 aromatic heterocycles. The van der Waals surface area contributed by atoms with Crippen molar-refractivity contribution in [3.05, 3.63) is 60.2 Å². The van der Waals surface area contributed by atoms with Crippen molar-refractivity contribution in [2.24, 2.45) is 0 Å². The normalized spacial score (nSPS) is 14.4. The first kappa shape index (κ1) is 17.9. The Labute approximate surface area is 137 Å². The molecule has 0 heterocycles. The van der Waals surface area contributed by atoms with E-state index in [1.807, 2.05) is 6.07 Å². The second-order valence-corrected chi connectivity index (χ2v) is 7.87. The third-order valence-electron chi connectivity index (χ3n) is 3.10. The Kier molecular flexibility index (Phi) is 6.12. The standard InChI is InChI=1S/C16H15F3O2S2/c17-16(18,19)14-9-4-5-10-15(14)23(21)12-6-11-22(20)13-7-2-1-3-8-13/h1-5,7-10H,6,11-12H2. The van der Waals surface area contributed by atoms with Crippen molar-refractivity contribution in [2.45, 2.75) is 22.4 Å². The fraction of sp³-hybridized carbons (Fsp3) is 0.250. The van der Waals surface area contributed by atoms with Crippen LogP contribution < -0.4 is 0 Å². The van der Waals surface area contributed by atoms with Gasteiger partial charge in [0.1, 0.15) is 0 Å². The molecule has 7 heteroatoms. The minimum atomic E-state index is -4.53. The van der Waals surface area contributed by atoms with Crippen molar-refractivity contribution in [1.29, 1.82) is 0 Å². The fourth-order valence-electron chi connectivity index (χ4n) is 2.02. The van der Waals surface area contributed by atoms with Gasteiger partial charge in [-0.3, -0.25) is 8.42 Å². The lowest BCUT2D eigenvalue weighted by atomic mass is 10.2. The maximum absolute atomic E-state index is 12.9. The van der Waals surface area contributed by atoms with E-state index in [0.717, 1.165) is 6.07 Å². The maximum Gasteiger partial charge on any atom is 0.417 e. The first-order valence-corrected chi connectivity index (χ1v) is 9.51. The largest absolute Gasteiger partial charge is 0.417 e. The Morgan fingerprint density at radius 1 is 0.783 bits per heavy atom. The van der Waals surface area contributed by atoms with Crippen LogP contribution in [0, 0.1) is 0 Å². The molecule has 0 saturated heterocycles. The van der Waals surface area contributed by atoms with Crippen molar-refractivity contribution in [2.75, 3.05) is 11.5 Å². The highest BCUT2D eigenvalue weighted by molar-refractivity contribution is 7.86. The van der Waals surface area contributed by atoms with Gasteiger partial charge < -0.3 is 0 Å². The first-order chi connectivity index (χ1) is 10.9. The second-order valence-electron chi connectivity index (χ2n) is 4.76. The lowest BCUT2D eigenvalue weighted by Crippen LogP contribution is -2.12. The Hall–Kier alpha value is -1.47. The van der Waals surface area contributed by atoms with E-state index in [0.29, 0.717) is 11.3 Å². The zero-order chi connectivity index (χ0) is 16.9. The molecule has 2 aromatic rings. The number of hydrogen-bond donors (Lipinski definition) is 0. The highest BCUT2D eigenvalue weighted by atomic mass is 32.2. The van der Waals surface area contributed by atoms with Gasteiger partial charge >= 0.3 is 6.18 Å². The molecular formula is C16H15F3O2S2. The number of rotatable bonds is 6. The van der Waals surface area contributed by atoms with Gasteiger partial charge in [0.2, 0.25) is 0 Å². The second kappa shape index (κ2) is 7.88. The van der Waals surface area contributed by atoms with Crippen molar-refractivity contribution in [1.82, 2.24) is 0 Å². The van der Waals surface area contributed by atoms with Crippen LogP contribution in [-0.2, 0) is 27.8 Å². The van der Waals surface area contributed by atoms with Gasteiger partial charge in [-0.1, -0.05) is 30.3 Å². The molecule has 124 valence electrons. The monoisotopic (exact) mass is 360 g/mol. The van der Waals surface area contributed by atoms with Crippen LogP contribution in [0.2, 0.25) is 0 Å². The summed E-state index contributed by atoms with van der Waals surface area (Å²) in [4.78, 5) is 0.444. The minimum absolute atomic E-state index is 0.0473. The van der Waals surface area contributed by atoms with E-state index in [4.69, 9.17) is 0 Å². The van der Waals surface area contributed by atoms with Crippen LogP contribution in [0.1, 0.15) is 12.0 Å². The SMILES string of the molecule is O=S(CCCS(=O)c1ccccc1C(F)(F)F)c1ccccc1. The molecule has 0 aliphatic carbocycles. The van der Waals surface area contributed by atoms with E-state index < -0.39 is 33.3 Å². The zero-order valence-electron chi connectivity index (χ0n) is 12.1. The van der Waals surface area contributed by atoms with Crippen LogP contribution in [-0.4, -0.2) is 19.9 Å². The topological polar surface area (TPSA) is 34.1 Å². The van der Waals surface area contributed by atoms with E-state index >= 15 is 0 Å². The zero-order valence-corrected chi connectivity index (χ0v) is 13.7. The average molecular weight is 360 g/mol. The summed E-state index contributed by atoms with van der Waals surface area (Å²) in [6.45, 7) is 0. The molecule has 0 fully saturated rings. The molecule has 0 aliphatic rings. The molecular weight excluding hydrogens is 345 g/mol. The van der Waals surface area contributed by atoms with Crippen molar-refractivity contribution < 1.29 is 21.6 Å². The Balaban J connectivity index is 1.97. The van der Waals surface area contributed by atoms with Crippen LogP contribution in [0.25, 0.3) is 0 Å². The van der Waals surface area contributed by atoms with Crippen LogP contribution in [0.4, 0.5) is 13.2 Å². The molecule has 0 saturated carbocycles. The number of hydrogen-bond acceptors (Lipinski definition) is 2. The molecule has 0 N–H and O–H groups in total. The predicted molar refractivity (Wildman–Crippen MR) is 85.1 cm³/mol. The van der Waals surface area contributed by atoms with E-state index in [1.165, 1.54) is 18.2 Å². The minimum Gasteiger partial charge on any atom is -0.254 e. The highest BCUT2D eigenvalue weighted by Crippen LogP contribution is 2.33. The van der Waals surface area contributed by atoms with Gasteiger partial charge in [0.25, 0.3) is 0 Å². The third-order valence-corrected chi connectivity index (χ3v) is 6.07. The van der Waals surface area contributed by atoms with Crippen LogP contribution in [0.15, 0.2) is 64.4 Å². The summed E-state index contributed by atoms with van der Waals surface area (Å²) < 4.78 is 62.9. The summed E-state index contributed by atoms with van der Waals surface area (Å²) in [6.07, 6.45) is -4.21. The van der Waals surface area contributed by atoms with Gasteiger partial charge in [-0.05, 0) is 30.7 Å². The molecule has 2 nitrogen and oxygen atoms in total. The number of benzene rings is 2. The van der Waals surface area contributed by atoms with Gasteiger partial charge in [-0.15, -0.1) is 0 Å². The van der Waals surface area contributed by atoms with Crippen molar-refractivity contribution in [3.63, 3.8) is 0 Å². The molecule has 23 heavy (non-hydrogen) atoms. The number of alkyl halides is 3. The van der Waals surface area contributed by atoms with E-state index in [-0.39, 0.29) is 16.4 Å². The summed E-state index contributed by atoms with van der Waals surface area (Å²) >= 11 is 0. The smallest absolute Gasteiger partial charge is 0.254 e. The van der Waals surface area contributed by atoms with E-state index in [9.17, 15) is 21.6 Å². The average Bonchev–Trinajstić information content (AvgIpc) is 2.54. The Morgan fingerprint density at radius 3 is 2.00 bits per heavy atom. The van der Waals surface area contributed by atoms with Gasteiger partial charge in [-0.25, -0.2) is 0 Å².